The SMILES string of the molecule is CN=C(NCCN1CCN(C(C)=O)CC1)NCC1(c2ccccc2F)CC1.I. The highest BCUT2D eigenvalue weighted by Gasteiger charge is 2.45. The van der Waals surface area contributed by atoms with Crippen LogP contribution in [0.2, 0.25) is 0 Å². The third-order valence-electron chi connectivity index (χ3n) is 5.65. The lowest BCUT2D eigenvalue weighted by Gasteiger charge is -2.34. The number of guanidine groups is 1. The van der Waals surface area contributed by atoms with Crippen LogP contribution in [0.5, 0.6) is 0 Å². The fourth-order valence-electron chi connectivity index (χ4n) is 3.68. The van der Waals surface area contributed by atoms with E-state index in [0.29, 0.717) is 6.54 Å². The normalized spacial score (nSPS) is 19.0. The van der Waals surface area contributed by atoms with Gasteiger partial charge >= 0.3 is 0 Å². The molecule has 0 bridgehead atoms. The van der Waals surface area contributed by atoms with Gasteiger partial charge in [0, 0.05) is 65.2 Å². The predicted octanol–water partition coefficient (Wildman–Crippen LogP) is 1.80. The van der Waals surface area contributed by atoms with Crippen LogP contribution in [0.4, 0.5) is 4.39 Å². The van der Waals surface area contributed by atoms with Crippen molar-refractivity contribution >= 4 is 35.8 Å². The minimum absolute atomic E-state index is 0. The molecule has 2 fully saturated rings. The van der Waals surface area contributed by atoms with Crippen LogP contribution in [0.1, 0.15) is 25.3 Å². The summed E-state index contributed by atoms with van der Waals surface area (Å²) >= 11 is 0. The molecule has 3 rings (SSSR count). The van der Waals surface area contributed by atoms with Gasteiger partial charge in [-0.3, -0.25) is 14.7 Å². The molecular formula is C20H31FIN5O. The van der Waals surface area contributed by atoms with Gasteiger partial charge in [0.25, 0.3) is 0 Å². The van der Waals surface area contributed by atoms with Crippen molar-refractivity contribution < 1.29 is 9.18 Å². The van der Waals surface area contributed by atoms with E-state index in [1.54, 1.807) is 20.0 Å². The zero-order chi connectivity index (χ0) is 19.3. The zero-order valence-electron chi connectivity index (χ0n) is 16.7. The summed E-state index contributed by atoms with van der Waals surface area (Å²) in [7, 11) is 1.75. The molecule has 1 saturated carbocycles. The van der Waals surface area contributed by atoms with Crippen LogP contribution in [-0.4, -0.2) is 74.5 Å². The predicted molar refractivity (Wildman–Crippen MR) is 121 cm³/mol. The fourth-order valence-corrected chi connectivity index (χ4v) is 3.68. The average molecular weight is 503 g/mol. The molecule has 28 heavy (non-hydrogen) atoms. The lowest BCUT2D eigenvalue weighted by molar-refractivity contribution is -0.130. The van der Waals surface area contributed by atoms with Gasteiger partial charge in [0.2, 0.25) is 5.91 Å². The molecule has 6 nitrogen and oxygen atoms in total. The van der Waals surface area contributed by atoms with Gasteiger partial charge in [0.1, 0.15) is 5.82 Å². The molecule has 1 amide bonds. The summed E-state index contributed by atoms with van der Waals surface area (Å²) in [5, 5.41) is 6.70. The van der Waals surface area contributed by atoms with Crippen LogP contribution < -0.4 is 10.6 Å². The molecule has 2 N–H and O–H groups in total. The second-order valence-corrected chi connectivity index (χ2v) is 7.46. The maximum Gasteiger partial charge on any atom is 0.219 e. The first-order valence-electron chi connectivity index (χ1n) is 9.71. The number of nitrogens with zero attached hydrogens (tertiary/aromatic N) is 3. The Morgan fingerprint density at radius 2 is 1.86 bits per heavy atom. The Labute approximate surface area is 184 Å². The van der Waals surface area contributed by atoms with Crippen molar-refractivity contribution in [3.8, 4) is 0 Å². The van der Waals surface area contributed by atoms with Crippen molar-refractivity contribution in [1.29, 1.82) is 0 Å². The summed E-state index contributed by atoms with van der Waals surface area (Å²) < 4.78 is 14.1. The van der Waals surface area contributed by atoms with Crippen LogP contribution >= 0.6 is 24.0 Å². The number of amides is 1. The third-order valence-corrected chi connectivity index (χ3v) is 5.65. The Morgan fingerprint density at radius 3 is 2.43 bits per heavy atom. The molecule has 0 spiro atoms. The topological polar surface area (TPSA) is 60.0 Å². The van der Waals surface area contributed by atoms with E-state index in [4.69, 9.17) is 0 Å². The molecule has 0 unspecified atom stereocenters. The number of aliphatic imine (C=N–C) groups is 1. The van der Waals surface area contributed by atoms with Gasteiger partial charge in [0.15, 0.2) is 5.96 Å². The van der Waals surface area contributed by atoms with E-state index in [1.165, 1.54) is 6.07 Å². The summed E-state index contributed by atoms with van der Waals surface area (Å²) in [5.74, 6) is 0.783. The first kappa shape index (κ1) is 22.9. The van der Waals surface area contributed by atoms with Crippen LogP contribution in [0.25, 0.3) is 0 Å². The molecule has 8 heteroatoms. The number of carbonyl (C=O) groups excluding carboxylic acids is 1. The lowest BCUT2D eigenvalue weighted by Crippen LogP contribution is -2.50. The highest BCUT2D eigenvalue weighted by molar-refractivity contribution is 14.0. The standard InChI is InChI=1S/C20H30FN5O.HI/c1-16(27)26-13-11-25(12-14-26)10-9-23-19(22-2)24-15-20(7-8-20)17-5-3-4-6-18(17)21;/h3-6H,7-15H2,1-2H3,(H2,22,23,24);1H. The molecule has 0 atom stereocenters. The van der Waals surface area contributed by atoms with E-state index in [0.717, 1.165) is 63.6 Å². The Bertz CT molecular complexity index is 687. The lowest BCUT2D eigenvalue weighted by atomic mass is 9.95. The van der Waals surface area contributed by atoms with Gasteiger partial charge in [0.05, 0.1) is 0 Å². The molecule has 156 valence electrons. The molecule has 1 aromatic carbocycles. The smallest absolute Gasteiger partial charge is 0.219 e. The zero-order valence-corrected chi connectivity index (χ0v) is 19.0. The highest BCUT2D eigenvalue weighted by atomic mass is 127. The second-order valence-electron chi connectivity index (χ2n) is 7.46. The summed E-state index contributed by atoms with van der Waals surface area (Å²) in [6, 6.07) is 7.06. The fraction of sp³-hybridized carbons (Fsp3) is 0.600. The van der Waals surface area contributed by atoms with E-state index < -0.39 is 0 Å². The molecule has 0 aromatic heterocycles. The van der Waals surface area contributed by atoms with Crippen LogP contribution in [0.15, 0.2) is 29.3 Å². The molecule has 1 aromatic rings. The van der Waals surface area contributed by atoms with E-state index in [2.05, 4.69) is 20.5 Å². The van der Waals surface area contributed by atoms with Crippen molar-refractivity contribution in [3.05, 3.63) is 35.6 Å². The number of hydrogen-bond acceptors (Lipinski definition) is 3. The Balaban J connectivity index is 0.00000280. The van der Waals surface area contributed by atoms with E-state index in [9.17, 15) is 9.18 Å². The molecule has 1 aliphatic carbocycles. The van der Waals surface area contributed by atoms with E-state index in [-0.39, 0.29) is 41.1 Å². The summed E-state index contributed by atoms with van der Waals surface area (Å²) in [5.41, 5.74) is 0.697. The summed E-state index contributed by atoms with van der Waals surface area (Å²) in [6.07, 6.45) is 2.00. The van der Waals surface area contributed by atoms with Crippen LogP contribution in [0, 0.1) is 5.82 Å². The maximum atomic E-state index is 14.1. The Hall–Kier alpha value is -1.42. The first-order valence-corrected chi connectivity index (χ1v) is 9.71. The summed E-state index contributed by atoms with van der Waals surface area (Å²) in [4.78, 5) is 19.9. The number of halogens is 2. The Morgan fingerprint density at radius 1 is 1.18 bits per heavy atom. The van der Waals surface area contributed by atoms with Gasteiger partial charge in [-0.25, -0.2) is 4.39 Å². The quantitative estimate of drug-likeness (QED) is 0.353. The number of nitrogens with one attached hydrogen (secondary N) is 2. The third kappa shape index (κ3) is 5.79. The largest absolute Gasteiger partial charge is 0.356 e. The molecule has 1 heterocycles. The first-order chi connectivity index (χ1) is 13.0. The van der Waals surface area contributed by atoms with Crippen molar-refractivity contribution in [2.45, 2.75) is 25.2 Å². The van der Waals surface area contributed by atoms with Crippen molar-refractivity contribution in [2.75, 3.05) is 52.9 Å². The van der Waals surface area contributed by atoms with E-state index >= 15 is 0 Å². The number of hydrogen-bond donors (Lipinski definition) is 2. The molecule has 1 saturated heterocycles. The number of carbonyl (C=O) groups is 1. The Kier molecular flexibility index (Phi) is 8.48. The van der Waals surface area contributed by atoms with Gasteiger partial charge < -0.3 is 15.5 Å². The molecule has 1 aliphatic heterocycles. The van der Waals surface area contributed by atoms with Gasteiger partial charge in [-0.15, -0.1) is 24.0 Å². The minimum atomic E-state index is -0.121. The molecule has 0 radical (unpaired) electrons. The van der Waals surface area contributed by atoms with Crippen molar-refractivity contribution in [2.24, 2.45) is 4.99 Å². The second kappa shape index (κ2) is 10.4. The highest BCUT2D eigenvalue weighted by Crippen LogP contribution is 2.48. The minimum Gasteiger partial charge on any atom is -0.356 e. The molecule has 2 aliphatic rings. The average Bonchev–Trinajstić information content (AvgIpc) is 3.46. The van der Waals surface area contributed by atoms with Gasteiger partial charge in [-0.1, -0.05) is 18.2 Å². The summed E-state index contributed by atoms with van der Waals surface area (Å²) in [6.45, 7) is 7.41. The number of rotatable bonds is 6. The van der Waals surface area contributed by atoms with Crippen LogP contribution in [-0.2, 0) is 10.2 Å². The van der Waals surface area contributed by atoms with E-state index in [1.807, 2.05) is 17.0 Å². The van der Waals surface area contributed by atoms with Gasteiger partial charge in [-0.05, 0) is 24.5 Å². The van der Waals surface area contributed by atoms with Crippen molar-refractivity contribution in [1.82, 2.24) is 20.4 Å². The van der Waals surface area contributed by atoms with Crippen LogP contribution in [0.3, 0.4) is 0 Å². The van der Waals surface area contributed by atoms with Crippen molar-refractivity contribution in [3.63, 3.8) is 0 Å². The van der Waals surface area contributed by atoms with Gasteiger partial charge in [-0.2, -0.15) is 0 Å². The molecular weight excluding hydrogens is 472 g/mol. The monoisotopic (exact) mass is 503 g/mol. The maximum absolute atomic E-state index is 14.1. The number of benzene rings is 1. The number of piperazine rings is 1.